The van der Waals surface area contributed by atoms with E-state index in [1.54, 1.807) is 17.9 Å². The number of amides is 2. The molecule has 1 atom stereocenters. The van der Waals surface area contributed by atoms with Gasteiger partial charge in [0.15, 0.2) is 5.65 Å². The Hall–Kier alpha value is -2.24. The molecule has 3 rings (SSSR count). The number of aryl methyl sites for hydroxylation is 1. The molecule has 1 aliphatic heterocycles. The summed E-state index contributed by atoms with van der Waals surface area (Å²) in [7, 11) is 1.79. The summed E-state index contributed by atoms with van der Waals surface area (Å²) in [5.41, 5.74) is 1.45. The molecule has 0 bridgehead atoms. The lowest BCUT2D eigenvalue weighted by Crippen LogP contribution is -2.40. The quantitative estimate of drug-likeness (QED) is 0.740. The smallest absolute Gasteiger partial charge is 0.235 e. The van der Waals surface area contributed by atoms with E-state index in [2.05, 4.69) is 15.4 Å². The Morgan fingerprint density at radius 1 is 1.44 bits per heavy atom. The van der Waals surface area contributed by atoms with Crippen LogP contribution in [0, 0.1) is 0 Å². The average molecular weight is 244 g/mol. The van der Waals surface area contributed by atoms with Gasteiger partial charge in [-0.1, -0.05) is 0 Å². The van der Waals surface area contributed by atoms with Crippen molar-refractivity contribution in [2.45, 2.75) is 18.8 Å². The summed E-state index contributed by atoms with van der Waals surface area (Å²) in [6.45, 7) is 0. The van der Waals surface area contributed by atoms with Crippen molar-refractivity contribution in [2.75, 3.05) is 0 Å². The highest BCUT2D eigenvalue weighted by Gasteiger charge is 2.31. The third-order valence-electron chi connectivity index (χ3n) is 3.23. The van der Waals surface area contributed by atoms with Crippen molar-refractivity contribution < 1.29 is 9.59 Å². The lowest BCUT2D eigenvalue weighted by Gasteiger charge is -2.21. The van der Waals surface area contributed by atoms with Crippen LogP contribution < -0.4 is 5.32 Å². The maximum absolute atomic E-state index is 11.9. The van der Waals surface area contributed by atoms with Gasteiger partial charge >= 0.3 is 0 Å². The number of hydrogen-bond donors (Lipinski definition) is 1. The number of carbonyl (C=O) groups is 2. The van der Waals surface area contributed by atoms with E-state index in [-0.39, 0.29) is 17.7 Å². The minimum absolute atomic E-state index is 0.208. The Morgan fingerprint density at radius 3 is 3.06 bits per heavy atom. The van der Waals surface area contributed by atoms with Crippen molar-refractivity contribution in [2.24, 2.45) is 7.05 Å². The zero-order chi connectivity index (χ0) is 12.7. The van der Waals surface area contributed by atoms with Crippen molar-refractivity contribution in [3.05, 3.63) is 24.0 Å². The highest BCUT2D eigenvalue weighted by Crippen LogP contribution is 2.29. The highest BCUT2D eigenvalue weighted by molar-refractivity contribution is 6.02. The maximum atomic E-state index is 11.9. The summed E-state index contributed by atoms with van der Waals surface area (Å²) in [4.78, 5) is 27.2. The van der Waals surface area contributed by atoms with Crippen LogP contribution in [-0.2, 0) is 16.6 Å². The Labute approximate surface area is 103 Å². The van der Waals surface area contributed by atoms with Crippen LogP contribution in [0.4, 0.5) is 0 Å². The van der Waals surface area contributed by atoms with E-state index >= 15 is 0 Å². The minimum atomic E-state index is -0.332. The molecule has 1 N–H and O–H groups in total. The summed E-state index contributed by atoms with van der Waals surface area (Å²) in [5, 5.41) is 7.52. The molecular weight excluding hydrogens is 232 g/mol. The fourth-order valence-corrected chi connectivity index (χ4v) is 2.41. The molecule has 3 heterocycles. The largest absolute Gasteiger partial charge is 0.296 e. The van der Waals surface area contributed by atoms with Crippen molar-refractivity contribution in [1.29, 1.82) is 0 Å². The van der Waals surface area contributed by atoms with Crippen LogP contribution in [0.1, 0.15) is 24.5 Å². The van der Waals surface area contributed by atoms with Gasteiger partial charge in [0.25, 0.3) is 0 Å². The Balaban J connectivity index is 2.11. The van der Waals surface area contributed by atoms with E-state index in [9.17, 15) is 9.59 Å². The summed E-state index contributed by atoms with van der Waals surface area (Å²) in [6, 6.07) is 3.72. The van der Waals surface area contributed by atoms with Crippen LogP contribution in [-0.4, -0.2) is 26.6 Å². The first-order valence-corrected chi connectivity index (χ1v) is 5.78. The van der Waals surface area contributed by atoms with Crippen LogP contribution in [0.25, 0.3) is 11.0 Å². The molecule has 92 valence electrons. The van der Waals surface area contributed by atoms with Gasteiger partial charge in [-0.25, -0.2) is 4.98 Å². The average Bonchev–Trinajstić information content (AvgIpc) is 2.66. The minimum Gasteiger partial charge on any atom is -0.296 e. The normalized spacial score (nSPS) is 20.2. The standard InChI is InChI=1S/C12H12N4O2/c1-16-10(7-3-2-6-13-11(7)15-16)8-4-5-9(17)14-12(8)18/h2-3,6,8H,4-5H2,1H3,(H,14,17,18). The number of pyridine rings is 1. The molecule has 0 aliphatic carbocycles. The zero-order valence-electron chi connectivity index (χ0n) is 9.88. The fraction of sp³-hybridized carbons (Fsp3) is 0.333. The van der Waals surface area contributed by atoms with Gasteiger partial charge in [-0.15, -0.1) is 0 Å². The second-order valence-electron chi connectivity index (χ2n) is 4.39. The molecule has 1 saturated heterocycles. The molecule has 18 heavy (non-hydrogen) atoms. The van der Waals surface area contributed by atoms with Gasteiger partial charge in [-0.3, -0.25) is 19.6 Å². The number of piperidine rings is 1. The van der Waals surface area contributed by atoms with E-state index in [4.69, 9.17) is 0 Å². The van der Waals surface area contributed by atoms with Gasteiger partial charge in [0, 0.05) is 25.1 Å². The summed E-state index contributed by atoms with van der Waals surface area (Å²) < 4.78 is 1.68. The monoisotopic (exact) mass is 244 g/mol. The number of nitrogens with zero attached hydrogens (tertiary/aromatic N) is 3. The Morgan fingerprint density at radius 2 is 2.28 bits per heavy atom. The van der Waals surface area contributed by atoms with Crippen molar-refractivity contribution in [3.63, 3.8) is 0 Å². The molecule has 0 spiro atoms. The number of carbonyl (C=O) groups excluding carboxylic acids is 2. The van der Waals surface area contributed by atoms with Gasteiger partial charge in [0.05, 0.1) is 11.6 Å². The molecule has 6 heteroatoms. The van der Waals surface area contributed by atoms with E-state index in [0.29, 0.717) is 18.5 Å². The fourth-order valence-electron chi connectivity index (χ4n) is 2.41. The molecule has 2 amide bonds. The van der Waals surface area contributed by atoms with Gasteiger partial charge in [0.1, 0.15) is 0 Å². The number of rotatable bonds is 1. The second-order valence-corrected chi connectivity index (χ2v) is 4.39. The SMILES string of the molecule is Cn1nc2ncccc2c1C1CCC(=O)NC1=O. The van der Waals surface area contributed by atoms with Crippen LogP contribution in [0.3, 0.4) is 0 Å². The first-order valence-electron chi connectivity index (χ1n) is 5.78. The molecule has 1 aliphatic rings. The summed E-state index contributed by atoms with van der Waals surface area (Å²) >= 11 is 0. The molecule has 0 saturated carbocycles. The Kier molecular flexibility index (Phi) is 2.36. The maximum Gasteiger partial charge on any atom is 0.235 e. The van der Waals surface area contributed by atoms with Crippen molar-refractivity contribution in [1.82, 2.24) is 20.1 Å². The predicted octanol–water partition coefficient (Wildman–Crippen LogP) is 0.488. The van der Waals surface area contributed by atoms with Gasteiger partial charge < -0.3 is 0 Å². The van der Waals surface area contributed by atoms with Crippen molar-refractivity contribution in [3.8, 4) is 0 Å². The topological polar surface area (TPSA) is 76.9 Å². The molecule has 1 fully saturated rings. The number of imide groups is 1. The number of aromatic nitrogens is 3. The molecule has 1 unspecified atom stereocenters. The predicted molar refractivity (Wildman–Crippen MR) is 63.6 cm³/mol. The zero-order valence-corrected chi connectivity index (χ0v) is 9.88. The number of fused-ring (bicyclic) bond motifs is 1. The number of nitrogens with one attached hydrogen (secondary N) is 1. The van der Waals surface area contributed by atoms with E-state index in [1.165, 1.54) is 0 Å². The molecule has 0 radical (unpaired) electrons. The molecule has 2 aromatic rings. The lowest BCUT2D eigenvalue weighted by molar-refractivity contribution is -0.134. The van der Waals surface area contributed by atoms with Crippen LogP contribution in [0.5, 0.6) is 0 Å². The second kappa shape index (κ2) is 3.90. The van der Waals surface area contributed by atoms with Crippen LogP contribution in [0.2, 0.25) is 0 Å². The van der Waals surface area contributed by atoms with Gasteiger partial charge in [-0.2, -0.15) is 5.10 Å². The summed E-state index contributed by atoms with van der Waals surface area (Å²) in [5.74, 6) is -0.789. The van der Waals surface area contributed by atoms with Gasteiger partial charge in [-0.05, 0) is 18.6 Å². The highest BCUT2D eigenvalue weighted by atomic mass is 16.2. The number of hydrogen-bond acceptors (Lipinski definition) is 4. The third-order valence-corrected chi connectivity index (χ3v) is 3.23. The first kappa shape index (κ1) is 10.9. The van der Waals surface area contributed by atoms with E-state index in [1.807, 2.05) is 12.1 Å². The Bertz CT molecular complexity index is 647. The van der Waals surface area contributed by atoms with Crippen LogP contribution in [0.15, 0.2) is 18.3 Å². The van der Waals surface area contributed by atoms with E-state index < -0.39 is 0 Å². The molecule has 0 aromatic carbocycles. The third kappa shape index (κ3) is 1.57. The first-order chi connectivity index (χ1) is 8.66. The lowest BCUT2D eigenvalue weighted by atomic mass is 9.93. The van der Waals surface area contributed by atoms with E-state index in [0.717, 1.165) is 11.1 Å². The molecule has 6 nitrogen and oxygen atoms in total. The molecular formula is C12H12N4O2. The molecule has 2 aromatic heterocycles. The van der Waals surface area contributed by atoms with Crippen LogP contribution >= 0.6 is 0 Å². The van der Waals surface area contributed by atoms with Gasteiger partial charge in [0.2, 0.25) is 11.8 Å². The summed E-state index contributed by atoms with van der Waals surface area (Å²) in [6.07, 6.45) is 2.56. The van der Waals surface area contributed by atoms with Crippen molar-refractivity contribution >= 4 is 22.8 Å².